The number of halogens is 3. The molecule has 3 saturated heterocycles. The van der Waals surface area contributed by atoms with E-state index in [4.69, 9.17) is 11.6 Å². The van der Waals surface area contributed by atoms with Gasteiger partial charge in [-0.05, 0) is 62.1 Å². The second-order valence-corrected chi connectivity index (χ2v) is 9.08. The first-order valence-corrected chi connectivity index (χ1v) is 10.5. The number of piperidine rings is 1. The third kappa shape index (κ3) is 5.08. The van der Waals surface area contributed by atoms with Crippen molar-refractivity contribution in [3.63, 3.8) is 0 Å². The van der Waals surface area contributed by atoms with Crippen molar-refractivity contribution < 1.29 is 8.78 Å². The van der Waals surface area contributed by atoms with Crippen molar-refractivity contribution in [1.29, 1.82) is 0 Å². The number of hydrogen-bond acceptors (Lipinski definition) is 4. The summed E-state index contributed by atoms with van der Waals surface area (Å²) in [6.07, 6.45) is 5.55. The van der Waals surface area contributed by atoms with Gasteiger partial charge in [-0.2, -0.15) is 4.98 Å². The molecule has 3 aliphatic heterocycles. The molecule has 4 rings (SSSR count). The molecular weight excluding hydrogens is 370 g/mol. The molecule has 0 amide bonds. The molecule has 0 spiro atoms. The molecule has 7 heteroatoms. The van der Waals surface area contributed by atoms with Crippen molar-refractivity contribution in [2.24, 2.45) is 5.41 Å². The van der Waals surface area contributed by atoms with Crippen LogP contribution in [0.5, 0.6) is 0 Å². The fourth-order valence-electron chi connectivity index (χ4n) is 4.53. The van der Waals surface area contributed by atoms with Gasteiger partial charge >= 0.3 is 0 Å². The topological polar surface area (TPSA) is 32.3 Å². The van der Waals surface area contributed by atoms with Gasteiger partial charge < -0.3 is 4.90 Å². The van der Waals surface area contributed by atoms with E-state index in [-0.39, 0.29) is 16.5 Å². The van der Waals surface area contributed by atoms with Gasteiger partial charge in [-0.1, -0.05) is 20.8 Å². The molecule has 27 heavy (non-hydrogen) atoms. The summed E-state index contributed by atoms with van der Waals surface area (Å²) in [6.45, 7) is 9.75. The number of anilines is 1. The molecule has 0 bridgehead atoms. The van der Waals surface area contributed by atoms with Crippen LogP contribution in [0.1, 0.15) is 58.6 Å². The molecule has 2 atom stereocenters. The molecule has 1 aromatic heterocycles. The molecule has 2 unspecified atom stereocenters. The van der Waals surface area contributed by atoms with Gasteiger partial charge in [-0.3, -0.25) is 4.90 Å². The third-order valence-corrected chi connectivity index (χ3v) is 6.04. The average molecular weight is 401 g/mol. The summed E-state index contributed by atoms with van der Waals surface area (Å²) >= 11 is 5.88. The quantitative estimate of drug-likeness (QED) is 0.676. The Hall–Kier alpha value is -1.01. The lowest BCUT2D eigenvalue weighted by atomic mass is 9.84. The van der Waals surface area contributed by atoms with E-state index in [9.17, 15) is 8.78 Å². The molecule has 0 aliphatic carbocycles. The lowest BCUT2D eigenvalue weighted by Crippen LogP contribution is -2.41. The lowest BCUT2D eigenvalue weighted by molar-refractivity contribution is 0.290. The Morgan fingerprint density at radius 2 is 2.00 bits per heavy atom. The van der Waals surface area contributed by atoms with E-state index < -0.39 is 6.17 Å². The van der Waals surface area contributed by atoms with Crippen LogP contribution in [0, 0.1) is 11.2 Å². The first-order chi connectivity index (χ1) is 12.8. The highest BCUT2D eigenvalue weighted by molar-refractivity contribution is 6.28. The van der Waals surface area contributed by atoms with Gasteiger partial charge in [0, 0.05) is 25.7 Å². The summed E-state index contributed by atoms with van der Waals surface area (Å²) in [5.41, 5.74) is 0.586. The van der Waals surface area contributed by atoms with Crippen LogP contribution in [0.2, 0.25) is 5.28 Å². The monoisotopic (exact) mass is 400 g/mol. The van der Waals surface area contributed by atoms with E-state index in [1.807, 2.05) is 11.8 Å². The van der Waals surface area contributed by atoms with Crippen LogP contribution in [0.4, 0.5) is 14.6 Å². The summed E-state index contributed by atoms with van der Waals surface area (Å²) in [5.74, 6) is 0.0409. The molecule has 0 aromatic carbocycles. The molecule has 3 aliphatic rings. The number of hydrogen-bond donors (Lipinski definition) is 0. The lowest BCUT2D eigenvalue weighted by Gasteiger charge is -2.38. The van der Waals surface area contributed by atoms with Crippen molar-refractivity contribution in [3.05, 3.63) is 16.8 Å². The van der Waals surface area contributed by atoms with E-state index in [1.165, 1.54) is 12.8 Å². The van der Waals surface area contributed by atoms with E-state index in [0.717, 1.165) is 38.9 Å². The molecule has 4 nitrogen and oxygen atoms in total. The highest BCUT2D eigenvalue weighted by atomic mass is 35.5. The first-order valence-electron chi connectivity index (χ1n) is 10.1. The number of fused-ring (bicyclic) bond motifs is 1. The van der Waals surface area contributed by atoms with Crippen LogP contribution in [-0.4, -0.2) is 53.3 Å². The Morgan fingerprint density at radius 3 is 2.67 bits per heavy atom. The molecule has 3 fully saturated rings. The van der Waals surface area contributed by atoms with Crippen LogP contribution >= 0.6 is 11.6 Å². The second-order valence-electron chi connectivity index (χ2n) is 8.74. The average Bonchev–Trinajstić information content (AvgIpc) is 3.16. The first kappa shape index (κ1) is 20.7. The van der Waals surface area contributed by atoms with Gasteiger partial charge in [0.25, 0.3) is 0 Å². The SMILES string of the molecule is CCc1nc(Cl)nc(N2CCCC(C)(C)C2)c1F.FC1CC2CCCN2C1. The molecule has 4 heterocycles. The standard InChI is InChI=1S/C13H19ClFN3.C7H12FN/c1-4-9-10(15)11(17-12(14)16-9)18-7-5-6-13(2,3)8-18;8-6-4-7-2-1-3-9(7)5-6/h4-8H2,1-3H3;6-7H,1-5H2. The Balaban J connectivity index is 0.000000193. The Labute approximate surface area is 166 Å². The number of nitrogens with zero attached hydrogens (tertiary/aromatic N) is 4. The number of aromatic nitrogens is 2. The van der Waals surface area contributed by atoms with Crippen LogP contribution in [0.3, 0.4) is 0 Å². The molecule has 0 saturated carbocycles. The maximum absolute atomic E-state index is 14.3. The summed E-state index contributed by atoms with van der Waals surface area (Å²) < 4.78 is 26.9. The van der Waals surface area contributed by atoms with E-state index >= 15 is 0 Å². The van der Waals surface area contributed by atoms with E-state index in [0.29, 0.717) is 30.5 Å². The zero-order valence-electron chi connectivity index (χ0n) is 16.6. The van der Waals surface area contributed by atoms with Crippen molar-refractivity contribution in [2.75, 3.05) is 31.1 Å². The Morgan fingerprint density at radius 1 is 1.22 bits per heavy atom. The molecule has 1 aromatic rings. The minimum absolute atomic E-state index is 0.131. The van der Waals surface area contributed by atoms with Crippen LogP contribution in [0.15, 0.2) is 0 Å². The Bertz CT molecular complexity index is 643. The third-order valence-electron chi connectivity index (χ3n) is 5.87. The zero-order valence-corrected chi connectivity index (χ0v) is 17.4. The highest BCUT2D eigenvalue weighted by Gasteiger charge is 2.34. The van der Waals surface area contributed by atoms with Crippen LogP contribution in [0.25, 0.3) is 0 Å². The highest BCUT2D eigenvalue weighted by Crippen LogP contribution is 2.33. The van der Waals surface area contributed by atoms with Crippen LogP contribution < -0.4 is 4.90 Å². The number of rotatable bonds is 2. The minimum Gasteiger partial charge on any atom is -0.353 e. The molecule has 0 N–H and O–H groups in total. The summed E-state index contributed by atoms with van der Waals surface area (Å²) in [4.78, 5) is 12.3. The molecular formula is C20H31ClF2N4. The van der Waals surface area contributed by atoms with Gasteiger partial charge in [0.2, 0.25) is 5.28 Å². The normalized spacial score (nSPS) is 27.3. The van der Waals surface area contributed by atoms with E-state index in [1.54, 1.807) is 0 Å². The second kappa shape index (κ2) is 8.56. The smallest absolute Gasteiger partial charge is 0.224 e. The number of aryl methyl sites for hydroxylation is 1. The van der Waals surface area contributed by atoms with Gasteiger partial charge in [0.15, 0.2) is 11.6 Å². The van der Waals surface area contributed by atoms with Gasteiger partial charge in [0.1, 0.15) is 6.17 Å². The maximum atomic E-state index is 14.3. The zero-order chi connectivity index (χ0) is 19.6. The van der Waals surface area contributed by atoms with Gasteiger partial charge in [-0.15, -0.1) is 0 Å². The minimum atomic E-state index is -0.518. The van der Waals surface area contributed by atoms with Crippen molar-refractivity contribution in [1.82, 2.24) is 14.9 Å². The predicted octanol–water partition coefficient (Wildman–Crippen LogP) is 4.65. The molecule has 152 valence electrons. The largest absolute Gasteiger partial charge is 0.353 e. The van der Waals surface area contributed by atoms with Crippen molar-refractivity contribution >= 4 is 17.4 Å². The Kier molecular flexibility index (Phi) is 6.57. The predicted molar refractivity (Wildman–Crippen MR) is 106 cm³/mol. The fraction of sp³-hybridized carbons (Fsp3) is 0.800. The summed E-state index contributed by atoms with van der Waals surface area (Å²) in [5, 5.41) is 0.131. The van der Waals surface area contributed by atoms with Crippen LogP contribution in [-0.2, 0) is 6.42 Å². The van der Waals surface area contributed by atoms with Crippen molar-refractivity contribution in [2.45, 2.75) is 71.5 Å². The maximum Gasteiger partial charge on any atom is 0.224 e. The van der Waals surface area contributed by atoms with Gasteiger partial charge in [-0.25, -0.2) is 13.8 Å². The molecule has 0 radical (unpaired) electrons. The van der Waals surface area contributed by atoms with Crippen molar-refractivity contribution in [3.8, 4) is 0 Å². The summed E-state index contributed by atoms with van der Waals surface area (Å²) in [7, 11) is 0. The number of alkyl halides is 1. The summed E-state index contributed by atoms with van der Waals surface area (Å²) in [6, 6.07) is 0.611. The fourth-order valence-corrected chi connectivity index (χ4v) is 4.71. The van der Waals surface area contributed by atoms with Gasteiger partial charge in [0.05, 0.1) is 5.69 Å². The van der Waals surface area contributed by atoms with E-state index in [2.05, 4.69) is 28.7 Å².